The summed E-state index contributed by atoms with van der Waals surface area (Å²) < 4.78 is 16.8. The number of hydrogen-bond donors (Lipinski definition) is 0. The zero-order valence-electron chi connectivity index (χ0n) is 16.1. The Morgan fingerprint density at radius 1 is 1.07 bits per heavy atom. The molecule has 1 saturated heterocycles. The summed E-state index contributed by atoms with van der Waals surface area (Å²) >= 11 is 0. The van der Waals surface area contributed by atoms with Gasteiger partial charge < -0.3 is 14.2 Å². The third-order valence-corrected chi connectivity index (χ3v) is 5.14. The Kier molecular flexibility index (Phi) is 5.97. The third kappa shape index (κ3) is 3.76. The Labute approximate surface area is 160 Å². The van der Waals surface area contributed by atoms with Crippen LogP contribution in [-0.2, 0) is 24.4 Å². The lowest BCUT2D eigenvalue weighted by Crippen LogP contribution is -2.28. The summed E-state index contributed by atoms with van der Waals surface area (Å²) in [6, 6.07) is 20.6. The monoisotopic (exact) mass is 366 g/mol. The van der Waals surface area contributed by atoms with Crippen molar-refractivity contribution in [3.8, 4) is 0 Å². The van der Waals surface area contributed by atoms with Gasteiger partial charge in [-0.15, -0.1) is 0 Å². The van der Waals surface area contributed by atoms with Crippen LogP contribution in [-0.4, -0.2) is 32.4 Å². The zero-order chi connectivity index (χ0) is 19.3. The van der Waals surface area contributed by atoms with Gasteiger partial charge >= 0.3 is 5.97 Å². The van der Waals surface area contributed by atoms with Crippen LogP contribution in [0.2, 0.25) is 0 Å². The lowest BCUT2D eigenvalue weighted by Gasteiger charge is -2.28. The van der Waals surface area contributed by atoms with Crippen molar-refractivity contribution in [3.63, 3.8) is 0 Å². The van der Waals surface area contributed by atoms with Gasteiger partial charge in [-0.2, -0.15) is 0 Å². The average Bonchev–Trinajstić information content (AvgIpc) is 3.15. The van der Waals surface area contributed by atoms with Crippen LogP contribution >= 0.6 is 0 Å². The van der Waals surface area contributed by atoms with Gasteiger partial charge in [0, 0.05) is 13.0 Å². The van der Waals surface area contributed by atoms with Crippen LogP contribution in [0.25, 0.3) is 0 Å². The normalized spacial score (nSPS) is 18.5. The van der Waals surface area contributed by atoms with Crippen molar-refractivity contribution in [1.29, 1.82) is 0 Å². The summed E-state index contributed by atoms with van der Waals surface area (Å²) in [5, 5.41) is 0. The standard InChI is InChI=1S/C23H26O4/c1-4-26-17(2)21(22(24)25-3)20-15-23(16-27-20,18-11-7-5-8-12-18)19-13-9-6-10-14-19/h5-14,17H,4,15-16H2,1-3H3/b21-20+. The minimum atomic E-state index is -0.400. The number of carbonyl (C=O) groups excluding carboxylic acids is 1. The molecule has 2 aromatic rings. The van der Waals surface area contributed by atoms with Gasteiger partial charge in [-0.25, -0.2) is 4.79 Å². The Morgan fingerprint density at radius 3 is 2.11 bits per heavy atom. The molecule has 1 atom stereocenters. The van der Waals surface area contributed by atoms with Crippen LogP contribution in [0.3, 0.4) is 0 Å². The molecular weight excluding hydrogens is 340 g/mol. The molecule has 0 aliphatic carbocycles. The van der Waals surface area contributed by atoms with Gasteiger partial charge in [0.2, 0.25) is 0 Å². The van der Waals surface area contributed by atoms with E-state index in [1.807, 2.05) is 50.2 Å². The highest BCUT2D eigenvalue weighted by molar-refractivity contribution is 5.90. The average molecular weight is 366 g/mol. The van der Waals surface area contributed by atoms with Gasteiger partial charge in [-0.05, 0) is 25.0 Å². The molecular formula is C23H26O4. The Hall–Kier alpha value is -2.59. The molecule has 0 aromatic heterocycles. The Morgan fingerprint density at radius 2 is 1.63 bits per heavy atom. The minimum absolute atomic E-state index is 0.344. The predicted molar refractivity (Wildman–Crippen MR) is 104 cm³/mol. The molecule has 0 amide bonds. The second-order valence-corrected chi connectivity index (χ2v) is 6.71. The number of esters is 1. The van der Waals surface area contributed by atoms with E-state index in [1.54, 1.807) is 0 Å². The molecule has 1 unspecified atom stereocenters. The summed E-state index contributed by atoms with van der Waals surface area (Å²) in [7, 11) is 1.39. The first kappa shape index (κ1) is 19.2. The lowest BCUT2D eigenvalue weighted by molar-refractivity contribution is -0.137. The molecule has 2 aromatic carbocycles. The maximum Gasteiger partial charge on any atom is 0.339 e. The van der Waals surface area contributed by atoms with E-state index in [1.165, 1.54) is 18.2 Å². The highest BCUT2D eigenvalue weighted by Gasteiger charge is 2.44. The van der Waals surface area contributed by atoms with Crippen molar-refractivity contribution in [1.82, 2.24) is 0 Å². The van der Waals surface area contributed by atoms with Crippen molar-refractivity contribution in [2.75, 3.05) is 20.3 Å². The Bertz CT molecular complexity index is 756. The molecule has 1 aliphatic rings. The highest BCUT2D eigenvalue weighted by atomic mass is 16.5. The van der Waals surface area contributed by atoms with Gasteiger partial charge in [-0.3, -0.25) is 0 Å². The quantitative estimate of drug-likeness (QED) is 0.566. The topological polar surface area (TPSA) is 44.8 Å². The second kappa shape index (κ2) is 8.40. The van der Waals surface area contributed by atoms with Crippen molar-refractivity contribution in [3.05, 3.63) is 83.1 Å². The number of benzene rings is 2. The maximum atomic E-state index is 12.5. The van der Waals surface area contributed by atoms with Crippen LogP contribution in [0, 0.1) is 0 Å². The fourth-order valence-corrected chi connectivity index (χ4v) is 3.76. The number of methoxy groups -OCH3 is 1. The third-order valence-electron chi connectivity index (χ3n) is 5.14. The van der Waals surface area contributed by atoms with E-state index in [2.05, 4.69) is 24.3 Å². The number of carbonyl (C=O) groups is 1. The van der Waals surface area contributed by atoms with Crippen molar-refractivity contribution >= 4 is 5.97 Å². The number of ether oxygens (including phenoxy) is 3. The number of rotatable bonds is 6. The van der Waals surface area contributed by atoms with Crippen LogP contribution in [0.5, 0.6) is 0 Å². The smallest absolute Gasteiger partial charge is 0.339 e. The summed E-state index contributed by atoms with van der Waals surface area (Å²) in [5.74, 6) is 0.248. The molecule has 4 nitrogen and oxygen atoms in total. The van der Waals surface area contributed by atoms with Crippen LogP contribution in [0.15, 0.2) is 72.0 Å². The van der Waals surface area contributed by atoms with Gasteiger partial charge in [0.05, 0.1) is 18.6 Å². The molecule has 0 spiro atoms. The first-order valence-electron chi connectivity index (χ1n) is 9.29. The Balaban J connectivity index is 2.10. The zero-order valence-corrected chi connectivity index (χ0v) is 16.1. The van der Waals surface area contributed by atoms with Crippen molar-refractivity contribution in [2.24, 2.45) is 0 Å². The summed E-state index contributed by atoms with van der Waals surface area (Å²) in [6.07, 6.45) is 0.197. The van der Waals surface area contributed by atoms with E-state index in [9.17, 15) is 4.79 Å². The largest absolute Gasteiger partial charge is 0.496 e. The van der Waals surface area contributed by atoms with Gasteiger partial charge in [0.25, 0.3) is 0 Å². The van der Waals surface area contributed by atoms with Gasteiger partial charge in [0.1, 0.15) is 17.9 Å². The van der Waals surface area contributed by atoms with E-state index in [0.717, 1.165) is 0 Å². The maximum absolute atomic E-state index is 12.5. The van der Waals surface area contributed by atoms with Crippen LogP contribution in [0.1, 0.15) is 31.4 Å². The molecule has 27 heavy (non-hydrogen) atoms. The molecule has 142 valence electrons. The fourth-order valence-electron chi connectivity index (χ4n) is 3.76. The first-order valence-corrected chi connectivity index (χ1v) is 9.29. The summed E-state index contributed by atoms with van der Waals surface area (Å²) in [5.41, 5.74) is 2.45. The van der Waals surface area contributed by atoms with E-state index < -0.39 is 5.97 Å². The summed E-state index contributed by atoms with van der Waals surface area (Å²) in [6.45, 7) is 4.74. The lowest BCUT2D eigenvalue weighted by atomic mass is 9.73. The molecule has 1 aliphatic heterocycles. The molecule has 0 bridgehead atoms. The van der Waals surface area contributed by atoms with Crippen molar-refractivity contribution < 1.29 is 19.0 Å². The van der Waals surface area contributed by atoms with Crippen LogP contribution in [0.4, 0.5) is 0 Å². The number of hydrogen-bond acceptors (Lipinski definition) is 4. The van der Waals surface area contributed by atoms with E-state index >= 15 is 0 Å². The molecule has 3 rings (SSSR count). The molecule has 1 heterocycles. The fraction of sp³-hybridized carbons (Fsp3) is 0.348. The second-order valence-electron chi connectivity index (χ2n) is 6.71. The minimum Gasteiger partial charge on any atom is -0.496 e. The first-order chi connectivity index (χ1) is 13.1. The predicted octanol–water partition coefficient (Wildman–Crippen LogP) is 4.25. The molecule has 0 radical (unpaired) electrons. The van der Waals surface area contributed by atoms with Crippen molar-refractivity contribution in [2.45, 2.75) is 31.8 Å². The molecule has 0 N–H and O–H groups in total. The molecule has 4 heteroatoms. The highest BCUT2D eigenvalue weighted by Crippen LogP contribution is 2.45. The SMILES string of the molecule is CCOC(C)/C(C(=O)OC)=C1/CC(c2ccccc2)(c2ccccc2)CO1. The van der Waals surface area contributed by atoms with Gasteiger partial charge in [0.15, 0.2) is 0 Å². The molecule has 1 fully saturated rings. The van der Waals surface area contributed by atoms with Gasteiger partial charge in [-0.1, -0.05) is 60.7 Å². The van der Waals surface area contributed by atoms with E-state index in [4.69, 9.17) is 14.2 Å². The van der Waals surface area contributed by atoms with E-state index in [-0.39, 0.29) is 11.5 Å². The number of allylic oxidation sites excluding steroid dienone is 1. The summed E-state index contributed by atoms with van der Waals surface area (Å²) in [4.78, 5) is 12.5. The van der Waals surface area contributed by atoms with Crippen LogP contribution < -0.4 is 0 Å². The van der Waals surface area contributed by atoms with E-state index in [0.29, 0.717) is 31.0 Å². The molecule has 0 saturated carbocycles.